The molecule has 4 aliphatic rings. The molecule has 2 saturated heterocycles. The molecule has 11 heteroatoms. The summed E-state index contributed by atoms with van der Waals surface area (Å²) in [5.41, 5.74) is 2.84. The summed E-state index contributed by atoms with van der Waals surface area (Å²) >= 11 is 1.45. The summed E-state index contributed by atoms with van der Waals surface area (Å²) < 4.78 is 11.3. The van der Waals surface area contributed by atoms with Gasteiger partial charge in [-0.3, -0.25) is 4.79 Å². The van der Waals surface area contributed by atoms with E-state index in [0.29, 0.717) is 41.7 Å². The van der Waals surface area contributed by atoms with Gasteiger partial charge in [-0.1, -0.05) is 39.5 Å². The van der Waals surface area contributed by atoms with Crippen LogP contribution in [0.1, 0.15) is 79.1 Å². The number of rotatable bonds is 8. The van der Waals surface area contributed by atoms with Crippen LogP contribution < -0.4 is 9.47 Å². The fourth-order valence-electron chi connectivity index (χ4n) is 7.93. The normalized spacial score (nSPS) is 20.9. The largest absolute Gasteiger partial charge is 0.431 e. The van der Waals surface area contributed by atoms with Gasteiger partial charge in [-0.05, 0) is 122 Å². The van der Waals surface area contributed by atoms with Crippen molar-refractivity contribution < 1.29 is 19.1 Å². The average Bonchev–Trinajstić information content (AvgIpc) is 3.89. The summed E-state index contributed by atoms with van der Waals surface area (Å²) in [4.78, 5) is 40.4. The van der Waals surface area contributed by atoms with Crippen molar-refractivity contribution in [2.24, 2.45) is 10.8 Å². The fourth-order valence-corrected chi connectivity index (χ4v) is 8.75. The summed E-state index contributed by atoms with van der Waals surface area (Å²) in [5, 5.41) is 20.3. The van der Waals surface area contributed by atoms with Crippen molar-refractivity contribution in [2.45, 2.75) is 88.9 Å². The monoisotopic (exact) mass is 752 g/mol. The van der Waals surface area contributed by atoms with Crippen molar-refractivity contribution in [3.05, 3.63) is 116 Å². The first kappa shape index (κ1) is 39.0. The van der Waals surface area contributed by atoms with E-state index in [0.717, 1.165) is 79.5 Å². The summed E-state index contributed by atoms with van der Waals surface area (Å²) in [5.74, 6) is -0.999. The lowest BCUT2D eigenvalue weighted by Crippen LogP contribution is -2.30. The quantitative estimate of drug-likeness (QED) is 0.0855. The Labute approximate surface area is 328 Å². The van der Waals surface area contributed by atoms with E-state index in [1.54, 1.807) is 48.5 Å². The minimum Gasteiger partial charge on any atom is -0.431 e. The maximum Gasteiger partial charge on any atom is 0.354 e. The van der Waals surface area contributed by atoms with Crippen LogP contribution in [-0.2, 0) is 9.59 Å². The van der Waals surface area contributed by atoms with Crippen LogP contribution in [0.5, 0.6) is 11.5 Å². The number of hydrogen-bond donors (Lipinski definition) is 0. The highest BCUT2D eigenvalue weighted by atomic mass is 32.2. The zero-order chi connectivity index (χ0) is 39.3. The first-order valence-corrected chi connectivity index (χ1v) is 19.5. The van der Waals surface area contributed by atoms with Crippen LogP contribution >= 0.6 is 11.8 Å². The third kappa shape index (κ3) is 8.81. The minimum atomic E-state index is -0.785. The zero-order valence-electron chi connectivity index (χ0n) is 31.8. The van der Waals surface area contributed by atoms with E-state index in [9.17, 15) is 20.1 Å². The summed E-state index contributed by atoms with van der Waals surface area (Å²) in [6.07, 6.45) is 6.53. The molecule has 0 aromatic heterocycles. The van der Waals surface area contributed by atoms with Gasteiger partial charge in [-0.25, -0.2) is 14.5 Å². The van der Waals surface area contributed by atoms with Crippen molar-refractivity contribution in [1.29, 1.82) is 10.5 Å². The smallest absolute Gasteiger partial charge is 0.354 e. The molecule has 0 atom stereocenters. The Bertz CT molecular complexity index is 2020. The number of carbonyl (C=O) groups is 2. The Morgan fingerprint density at radius 3 is 1.65 bits per heavy atom. The predicted octanol–water partition coefficient (Wildman–Crippen LogP) is 9.38. The van der Waals surface area contributed by atoms with Gasteiger partial charge in [0.15, 0.2) is 5.70 Å². The lowest BCUT2D eigenvalue weighted by Gasteiger charge is -2.37. The number of nitriles is 2. The van der Waals surface area contributed by atoms with Gasteiger partial charge in [0.05, 0.1) is 18.7 Å². The lowest BCUT2D eigenvalue weighted by atomic mass is 9.72. The van der Waals surface area contributed by atoms with Gasteiger partial charge in [-0.2, -0.15) is 10.5 Å². The van der Waals surface area contributed by atoms with E-state index in [4.69, 9.17) is 22.6 Å². The molecule has 2 aromatic rings. The van der Waals surface area contributed by atoms with Crippen LogP contribution in [0.2, 0.25) is 0 Å². The maximum absolute atomic E-state index is 13.4. The predicted molar refractivity (Wildman–Crippen MR) is 208 cm³/mol. The highest BCUT2D eigenvalue weighted by Gasteiger charge is 2.38. The topological polar surface area (TPSA) is 115 Å². The number of likely N-dealkylation sites (tertiary alicyclic amines) is 2. The van der Waals surface area contributed by atoms with E-state index >= 15 is 0 Å². The molecule has 0 bridgehead atoms. The number of esters is 2. The molecule has 2 aliphatic heterocycles. The van der Waals surface area contributed by atoms with E-state index in [1.165, 1.54) is 11.8 Å². The Morgan fingerprint density at radius 2 is 1.18 bits per heavy atom. The molecule has 2 fully saturated rings. The van der Waals surface area contributed by atoms with Gasteiger partial charge in [0.25, 0.3) is 5.70 Å². The zero-order valence-corrected chi connectivity index (χ0v) is 32.6. The molecule has 0 radical (unpaired) electrons. The summed E-state index contributed by atoms with van der Waals surface area (Å²) in [6.45, 7) is 27.7. The van der Waals surface area contributed by atoms with Gasteiger partial charge in [0.1, 0.15) is 29.2 Å². The van der Waals surface area contributed by atoms with Crippen molar-refractivity contribution in [3.8, 4) is 23.6 Å². The van der Waals surface area contributed by atoms with Crippen molar-refractivity contribution >= 4 is 23.7 Å². The SMILES string of the molecule is [C-]#[N+]C1=C(N2CCCC2)CC(C)(C)C/C1=C(/[N+]#[C-])C(=O)Oc1ccc(Sc2ccc(OC(=O)/C(C#N)=C3\CC(C)(C)CC(N4CCCC4)=C3C#N)cc2)cc1. The molecule has 2 heterocycles. The minimum absolute atomic E-state index is 0.141. The van der Waals surface area contributed by atoms with E-state index in [2.05, 4.69) is 53.3 Å². The number of nitrogens with zero attached hydrogens (tertiary/aromatic N) is 6. The van der Waals surface area contributed by atoms with Gasteiger partial charge >= 0.3 is 11.9 Å². The number of allylic oxidation sites excluding steroid dienone is 5. The van der Waals surface area contributed by atoms with Crippen LogP contribution in [0, 0.1) is 46.6 Å². The van der Waals surface area contributed by atoms with E-state index < -0.39 is 11.9 Å². The molecule has 2 aromatic carbocycles. The second-order valence-corrected chi connectivity index (χ2v) is 17.1. The van der Waals surface area contributed by atoms with Crippen molar-refractivity contribution in [1.82, 2.24) is 9.80 Å². The molecule has 0 N–H and O–H groups in total. The molecule has 0 spiro atoms. The highest BCUT2D eigenvalue weighted by Crippen LogP contribution is 2.47. The molecule has 0 saturated carbocycles. The van der Waals surface area contributed by atoms with Crippen LogP contribution in [0.15, 0.2) is 103 Å². The molecule has 2 aliphatic carbocycles. The van der Waals surface area contributed by atoms with Gasteiger partial charge in [0.2, 0.25) is 0 Å². The van der Waals surface area contributed by atoms with Crippen LogP contribution in [0.3, 0.4) is 0 Å². The van der Waals surface area contributed by atoms with Crippen molar-refractivity contribution in [2.75, 3.05) is 26.2 Å². The molecule has 0 unspecified atom stereocenters. The van der Waals surface area contributed by atoms with Gasteiger partial charge in [-0.15, -0.1) is 0 Å². The van der Waals surface area contributed by atoms with Crippen LogP contribution in [-0.4, -0.2) is 47.9 Å². The third-order valence-electron chi connectivity index (χ3n) is 10.5. The standard InChI is InChI=1S/C44H44N6O4S/c1-43(2)23-33(35(27-45)37(25-43)49-19-7-8-20-49)36(28-46)41(51)53-29-11-15-31(16-12-29)55-32-17-13-30(14-18-32)54-42(52)40(48-6)34-24-44(3,4)26-38(39(34)47-5)50-21-9-10-22-50/h11-18H,7-10,19-26H2,1-4H3/b36-33+,40-34-. The number of benzene rings is 2. The van der Waals surface area contributed by atoms with E-state index in [1.807, 2.05) is 6.07 Å². The molecule has 0 amide bonds. The average molecular weight is 753 g/mol. The second-order valence-electron chi connectivity index (χ2n) is 16.0. The second kappa shape index (κ2) is 16.3. The van der Waals surface area contributed by atoms with Crippen molar-refractivity contribution in [3.63, 3.8) is 0 Å². The first-order chi connectivity index (χ1) is 26.3. The first-order valence-electron chi connectivity index (χ1n) is 18.7. The highest BCUT2D eigenvalue weighted by molar-refractivity contribution is 7.99. The number of carbonyl (C=O) groups excluding carboxylic acids is 2. The Hall–Kier alpha value is -5.75. The van der Waals surface area contributed by atoms with Gasteiger partial charge in [0, 0.05) is 47.4 Å². The molecule has 55 heavy (non-hydrogen) atoms. The van der Waals surface area contributed by atoms with E-state index in [-0.39, 0.29) is 33.6 Å². The fraction of sp³-hybridized carbons (Fsp3) is 0.409. The Kier molecular flexibility index (Phi) is 11.6. The van der Waals surface area contributed by atoms with Crippen LogP contribution in [0.4, 0.5) is 0 Å². The molecule has 280 valence electrons. The lowest BCUT2D eigenvalue weighted by molar-refractivity contribution is -0.130. The molecule has 6 rings (SSSR count). The number of ether oxygens (including phenoxy) is 2. The van der Waals surface area contributed by atoms with Crippen LogP contribution in [0.25, 0.3) is 9.69 Å². The van der Waals surface area contributed by atoms with Gasteiger partial charge < -0.3 is 19.3 Å². The number of hydrogen-bond acceptors (Lipinski definition) is 9. The maximum atomic E-state index is 13.4. The molecular weight excluding hydrogens is 709 g/mol. The Balaban J connectivity index is 1.13. The molecular formula is C44H44N6O4S. The summed E-state index contributed by atoms with van der Waals surface area (Å²) in [7, 11) is 0. The summed E-state index contributed by atoms with van der Waals surface area (Å²) in [6, 6.07) is 18.2. The molecule has 10 nitrogen and oxygen atoms in total. The Morgan fingerprint density at radius 1 is 0.709 bits per heavy atom. The third-order valence-corrected chi connectivity index (χ3v) is 11.5.